The van der Waals surface area contributed by atoms with Crippen molar-refractivity contribution in [3.63, 3.8) is 0 Å². The highest BCUT2D eigenvalue weighted by Crippen LogP contribution is 2.28. The highest BCUT2D eigenvalue weighted by Gasteiger charge is 2.22. The molecule has 0 aromatic carbocycles. The lowest BCUT2D eigenvalue weighted by Crippen LogP contribution is -2.34. The molecule has 1 rings (SSSR count). The second-order valence-corrected chi connectivity index (χ2v) is 4.73. The molecule has 3 nitrogen and oxygen atoms in total. The molecule has 1 atom stereocenters. The molecule has 0 radical (unpaired) electrons. The van der Waals surface area contributed by atoms with Gasteiger partial charge in [-0.15, -0.1) is 0 Å². The van der Waals surface area contributed by atoms with E-state index in [-0.39, 0.29) is 11.8 Å². The lowest BCUT2D eigenvalue weighted by Gasteiger charge is -2.25. The zero-order chi connectivity index (χ0) is 11.3. The number of carbonyl (C=O) groups is 1. The first-order chi connectivity index (χ1) is 7.15. The summed E-state index contributed by atoms with van der Waals surface area (Å²) in [4.78, 5) is 11.6. The molecule has 0 aliphatic heterocycles. The van der Waals surface area contributed by atoms with Gasteiger partial charge in [0, 0.05) is 6.54 Å². The molecule has 1 unspecified atom stereocenters. The van der Waals surface area contributed by atoms with E-state index in [1.54, 1.807) is 0 Å². The van der Waals surface area contributed by atoms with Crippen molar-refractivity contribution in [2.24, 2.45) is 17.8 Å². The predicted molar refractivity (Wildman–Crippen MR) is 58.9 cm³/mol. The Morgan fingerprint density at radius 1 is 1.53 bits per heavy atom. The maximum absolute atomic E-state index is 11.6. The Morgan fingerprint density at radius 3 is 2.60 bits per heavy atom. The van der Waals surface area contributed by atoms with Crippen LogP contribution in [0, 0.1) is 29.1 Å². The molecule has 15 heavy (non-hydrogen) atoms. The van der Waals surface area contributed by atoms with Gasteiger partial charge in [0.2, 0.25) is 5.91 Å². The van der Waals surface area contributed by atoms with E-state index in [0.29, 0.717) is 0 Å². The van der Waals surface area contributed by atoms with E-state index >= 15 is 0 Å². The van der Waals surface area contributed by atoms with Gasteiger partial charge >= 0.3 is 0 Å². The maximum atomic E-state index is 11.6. The van der Waals surface area contributed by atoms with Crippen LogP contribution in [0.5, 0.6) is 0 Å². The Hall–Kier alpha value is -1.04. The van der Waals surface area contributed by atoms with Crippen molar-refractivity contribution in [1.82, 2.24) is 5.32 Å². The van der Waals surface area contributed by atoms with Gasteiger partial charge in [0.05, 0.1) is 6.07 Å². The molecule has 0 bridgehead atoms. The minimum Gasteiger partial charge on any atom is -0.355 e. The second kappa shape index (κ2) is 5.75. The standard InChI is InChI=1S/C12H20N2O/c1-9(2)11(8-13)12(15)14-7-6-10-4-3-5-10/h9-11H,3-7H2,1-2H3,(H,14,15). The zero-order valence-corrected chi connectivity index (χ0v) is 9.62. The van der Waals surface area contributed by atoms with Crippen LogP contribution in [0.25, 0.3) is 0 Å². The SMILES string of the molecule is CC(C)C(C#N)C(=O)NCCC1CCC1. The lowest BCUT2D eigenvalue weighted by molar-refractivity contribution is -0.124. The van der Waals surface area contributed by atoms with Gasteiger partial charge in [-0.3, -0.25) is 4.79 Å². The molecule has 0 heterocycles. The van der Waals surface area contributed by atoms with Crippen LogP contribution in [0.15, 0.2) is 0 Å². The van der Waals surface area contributed by atoms with Gasteiger partial charge in [0.1, 0.15) is 5.92 Å². The summed E-state index contributed by atoms with van der Waals surface area (Å²) in [6.07, 6.45) is 5.02. The van der Waals surface area contributed by atoms with Crippen LogP contribution in [-0.2, 0) is 4.79 Å². The Labute approximate surface area is 91.9 Å². The van der Waals surface area contributed by atoms with Crippen LogP contribution >= 0.6 is 0 Å². The lowest BCUT2D eigenvalue weighted by atomic mass is 9.83. The second-order valence-electron chi connectivity index (χ2n) is 4.73. The Balaban J connectivity index is 2.19. The molecule has 1 amide bonds. The van der Waals surface area contributed by atoms with Crippen molar-refractivity contribution in [3.8, 4) is 6.07 Å². The first-order valence-electron chi connectivity index (χ1n) is 5.82. The molecule has 0 spiro atoms. The van der Waals surface area contributed by atoms with Gasteiger partial charge in [-0.2, -0.15) is 5.26 Å². The van der Waals surface area contributed by atoms with Gasteiger partial charge in [-0.05, 0) is 18.3 Å². The van der Waals surface area contributed by atoms with Crippen molar-refractivity contribution >= 4 is 5.91 Å². The van der Waals surface area contributed by atoms with E-state index in [1.165, 1.54) is 19.3 Å². The van der Waals surface area contributed by atoms with Gasteiger partial charge < -0.3 is 5.32 Å². The first-order valence-corrected chi connectivity index (χ1v) is 5.82. The largest absolute Gasteiger partial charge is 0.355 e. The third-order valence-electron chi connectivity index (χ3n) is 3.16. The van der Waals surface area contributed by atoms with E-state index in [4.69, 9.17) is 5.26 Å². The first kappa shape index (κ1) is 12.0. The molecule has 1 saturated carbocycles. The van der Waals surface area contributed by atoms with Gasteiger partial charge in [-0.25, -0.2) is 0 Å². The van der Waals surface area contributed by atoms with Gasteiger partial charge in [0.25, 0.3) is 0 Å². The van der Waals surface area contributed by atoms with Gasteiger partial charge in [-0.1, -0.05) is 33.1 Å². The molecule has 0 aromatic rings. The van der Waals surface area contributed by atoms with Crippen LogP contribution in [0.2, 0.25) is 0 Å². The third-order valence-corrected chi connectivity index (χ3v) is 3.16. The van der Waals surface area contributed by atoms with E-state index in [9.17, 15) is 4.79 Å². The Kier molecular flexibility index (Phi) is 4.61. The fourth-order valence-corrected chi connectivity index (χ4v) is 1.80. The number of nitrogens with zero attached hydrogens (tertiary/aromatic N) is 1. The fraction of sp³-hybridized carbons (Fsp3) is 0.833. The number of rotatable bonds is 5. The molecule has 0 saturated heterocycles. The van der Waals surface area contributed by atoms with E-state index < -0.39 is 5.92 Å². The maximum Gasteiger partial charge on any atom is 0.237 e. The zero-order valence-electron chi connectivity index (χ0n) is 9.62. The summed E-state index contributed by atoms with van der Waals surface area (Å²) < 4.78 is 0. The molecular weight excluding hydrogens is 188 g/mol. The summed E-state index contributed by atoms with van der Waals surface area (Å²) in [5.74, 6) is 0.307. The summed E-state index contributed by atoms with van der Waals surface area (Å²) in [5, 5.41) is 11.7. The summed E-state index contributed by atoms with van der Waals surface area (Å²) >= 11 is 0. The number of hydrogen-bond acceptors (Lipinski definition) is 2. The molecule has 1 aliphatic rings. The average Bonchev–Trinajstić information content (AvgIpc) is 2.09. The van der Waals surface area contributed by atoms with Crippen molar-refractivity contribution in [1.29, 1.82) is 5.26 Å². The average molecular weight is 208 g/mol. The number of amides is 1. The van der Waals surface area contributed by atoms with Gasteiger partial charge in [0.15, 0.2) is 0 Å². The highest BCUT2D eigenvalue weighted by molar-refractivity contribution is 5.81. The smallest absolute Gasteiger partial charge is 0.237 e. The Morgan fingerprint density at radius 2 is 2.20 bits per heavy atom. The summed E-state index contributed by atoms with van der Waals surface area (Å²) in [6, 6.07) is 2.06. The molecule has 0 aromatic heterocycles. The van der Waals surface area contributed by atoms with Crippen molar-refractivity contribution in [3.05, 3.63) is 0 Å². The number of hydrogen-bond donors (Lipinski definition) is 1. The molecular formula is C12H20N2O. The van der Waals surface area contributed by atoms with E-state index in [1.807, 2.05) is 13.8 Å². The van der Waals surface area contributed by atoms with Crippen LogP contribution in [0.1, 0.15) is 39.5 Å². The monoisotopic (exact) mass is 208 g/mol. The molecule has 1 fully saturated rings. The predicted octanol–water partition coefficient (Wildman–Crippen LogP) is 2.09. The quantitative estimate of drug-likeness (QED) is 0.752. The number of nitriles is 1. The van der Waals surface area contributed by atoms with Crippen molar-refractivity contribution in [2.45, 2.75) is 39.5 Å². The van der Waals surface area contributed by atoms with Crippen LogP contribution < -0.4 is 5.32 Å². The van der Waals surface area contributed by atoms with E-state index in [2.05, 4.69) is 11.4 Å². The van der Waals surface area contributed by atoms with E-state index in [0.717, 1.165) is 18.9 Å². The molecule has 1 aliphatic carbocycles. The summed E-state index contributed by atoms with van der Waals surface area (Å²) in [6.45, 7) is 4.53. The normalized spacial score (nSPS) is 18.0. The highest BCUT2D eigenvalue weighted by atomic mass is 16.1. The molecule has 1 N–H and O–H groups in total. The van der Waals surface area contributed by atoms with Crippen LogP contribution in [0.3, 0.4) is 0 Å². The number of carbonyl (C=O) groups excluding carboxylic acids is 1. The van der Waals surface area contributed by atoms with Crippen LogP contribution in [0.4, 0.5) is 0 Å². The summed E-state index contributed by atoms with van der Waals surface area (Å²) in [5.41, 5.74) is 0. The molecule has 3 heteroatoms. The Bertz CT molecular complexity index is 251. The minimum atomic E-state index is -0.494. The van der Waals surface area contributed by atoms with Crippen LogP contribution in [-0.4, -0.2) is 12.5 Å². The summed E-state index contributed by atoms with van der Waals surface area (Å²) in [7, 11) is 0. The molecule has 84 valence electrons. The fourth-order valence-electron chi connectivity index (χ4n) is 1.80. The number of nitrogens with one attached hydrogen (secondary N) is 1. The van der Waals surface area contributed by atoms with Crippen molar-refractivity contribution in [2.75, 3.05) is 6.54 Å². The topological polar surface area (TPSA) is 52.9 Å². The van der Waals surface area contributed by atoms with Crippen molar-refractivity contribution < 1.29 is 4.79 Å². The minimum absolute atomic E-state index is 0.0960. The third kappa shape index (κ3) is 3.54.